The van der Waals surface area contributed by atoms with Gasteiger partial charge in [0.1, 0.15) is 0 Å². The van der Waals surface area contributed by atoms with Crippen LogP contribution >= 0.6 is 0 Å². The molecule has 0 spiro atoms. The second kappa shape index (κ2) is 8.11. The summed E-state index contributed by atoms with van der Waals surface area (Å²) in [6, 6.07) is 0. The minimum atomic E-state index is -0.896. The van der Waals surface area contributed by atoms with Crippen molar-refractivity contribution in [3.8, 4) is 0 Å². The number of rotatable bonds is 5. The first-order valence-corrected chi connectivity index (χ1v) is 12.9. The van der Waals surface area contributed by atoms with Gasteiger partial charge in [0.2, 0.25) is 0 Å². The average molecular weight is 435 g/mol. The van der Waals surface area contributed by atoms with Gasteiger partial charge in [-0.3, -0.25) is 0 Å². The Bertz CT molecular complexity index is 703. The van der Waals surface area contributed by atoms with Crippen molar-refractivity contribution in [1.29, 1.82) is 0 Å². The molecule has 0 aromatic rings. The number of aliphatic hydroxyl groups excluding tert-OH is 3. The van der Waals surface area contributed by atoms with Crippen molar-refractivity contribution >= 4 is 0 Å². The van der Waals surface area contributed by atoms with E-state index in [9.17, 15) is 20.4 Å². The van der Waals surface area contributed by atoms with Gasteiger partial charge in [0.25, 0.3) is 0 Å². The van der Waals surface area contributed by atoms with E-state index in [1.54, 1.807) is 0 Å². The molecule has 4 aliphatic rings. The fraction of sp³-hybridized carbons (Fsp3) is 0.926. The predicted molar refractivity (Wildman–Crippen MR) is 123 cm³/mol. The van der Waals surface area contributed by atoms with Crippen molar-refractivity contribution in [2.24, 2.45) is 40.4 Å². The minimum Gasteiger partial charge on any atom is -0.393 e. The Morgan fingerprint density at radius 1 is 1.03 bits per heavy atom. The van der Waals surface area contributed by atoms with Crippen LogP contribution in [0.3, 0.4) is 0 Å². The predicted octanol–water partition coefficient (Wildman–Crippen LogP) is 4.45. The van der Waals surface area contributed by atoms with Gasteiger partial charge in [0, 0.05) is 11.8 Å². The molecule has 3 saturated carbocycles. The Hall–Kier alpha value is -0.420. The maximum Gasteiger partial charge on any atom is 0.0763 e. The first-order chi connectivity index (χ1) is 14.4. The van der Waals surface area contributed by atoms with Crippen molar-refractivity contribution in [2.45, 2.75) is 116 Å². The average Bonchev–Trinajstić information content (AvgIpc) is 2.91. The van der Waals surface area contributed by atoms with Gasteiger partial charge in [0.05, 0.1) is 23.9 Å². The second-order valence-electron chi connectivity index (χ2n) is 12.6. The van der Waals surface area contributed by atoms with E-state index in [0.717, 1.165) is 51.4 Å². The van der Waals surface area contributed by atoms with Crippen LogP contribution in [0.25, 0.3) is 0 Å². The lowest BCUT2D eigenvalue weighted by molar-refractivity contribution is -0.186. The Labute approximate surface area is 189 Å². The molecule has 4 heteroatoms. The number of fused-ring (bicyclic) bond motifs is 5. The van der Waals surface area contributed by atoms with Crippen LogP contribution < -0.4 is 0 Å². The topological polar surface area (TPSA) is 80.9 Å². The Balaban J connectivity index is 1.62. The molecule has 4 nitrogen and oxygen atoms in total. The van der Waals surface area contributed by atoms with E-state index in [4.69, 9.17) is 0 Å². The van der Waals surface area contributed by atoms with E-state index in [0.29, 0.717) is 18.3 Å². The zero-order chi connectivity index (χ0) is 22.8. The molecule has 31 heavy (non-hydrogen) atoms. The fourth-order valence-electron chi connectivity index (χ4n) is 8.62. The van der Waals surface area contributed by atoms with Crippen LogP contribution in [0, 0.1) is 40.4 Å². The molecule has 0 bridgehead atoms. The van der Waals surface area contributed by atoms with Gasteiger partial charge >= 0.3 is 0 Å². The highest BCUT2D eigenvalue weighted by atomic mass is 16.3. The summed E-state index contributed by atoms with van der Waals surface area (Å²) in [4.78, 5) is 0. The van der Waals surface area contributed by atoms with Gasteiger partial charge in [-0.25, -0.2) is 0 Å². The van der Waals surface area contributed by atoms with Gasteiger partial charge < -0.3 is 20.4 Å². The molecular formula is C27H46O4. The molecular weight excluding hydrogens is 388 g/mol. The van der Waals surface area contributed by atoms with E-state index >= 15 is 0 Å². The van der Waals surface area contributed by atoms with Crippen LogP contribution in [0.2, 0.25) is 0 Å². The van der Waals surface area contributed by atoms with Crippen LogP contribution in [0.1, 0.15) is 92.4 Å². The van der Waals surface area contributed by atoms with Gasteiger partial charge in [-0.15, -0.1) is 0 Å². The fourth-order valence-corrected chi connectivity index (χ4v) is 8.62. The maximum absolute atomic E-state index is 12.3. The van der Waals surface area contributed by atoms with Crippen molar-refractivity contribution in [2.75, 3.05) is 0 Å². The zero-order valence-corrected chi connectivity index (χ0v) is 20.3. The summed E-state index contributed by atoms with van der Waals surface area (Å²) in [6.45, 7) is 11.0. The molecule has 10 atom stereocenters. The molecule has 0 heterocycles. The number of hydrogen-bond donors (Lipinski definition) is 4. The van der Waals surface area contributed by atoms with E-state index in [1.165, 1.54) is 5.57 Å². The molecule has 0 aromatic heterocycles. The molecule has 10 unspecified atom stereocenters. The summed E-state index contributed by atoms with van der Waals surface area (Å²) in [5.74, 6) is 1.00. The van der Waals surface area contributed by atoms with Crippen LogP contribution in [0.5, 0.6) is 0 Å². The van der Waals surface area contributed by atoms with Gasteiger partial charge in [-0.1, -0.05) is 46.3 Å². The van der Waals surface area contributed by atoms with Crippen molar-refractivity contribution in [1.82, 2.24) is 0 Å². The highest BCUT2D eigenvalue weighted by molar-refractivity contribution is 5.28. The number of hydrogen-bond acceptors (Lipinski definition) is 4. The van der Waals surface area contributed by atoms with Crippen LogP contribution in [0.4, 0.5) is 0 Å². The molecule has 3 fully saturated rings. The van der Waals surface area contributed by atoms with Gasteiger partial charge in [0.15, 0.2) is 0 Å². The summed E-state index contributed by atoms with van der Waals surface area (Å²) >= 11 is 0. The standard InChI is InChI=1S/C27H46O4/c1-16(2)6-9-22(29)17(3)24-23(30)15-27(31)21-8-7-18-14-19(28)10-12-25(18,4)20(21)11-13-26(24,27)5/h7,16-17,19-24,28-31H,6,8-15H2,1-5H3. The summed E-state index contributed by atoms with van der Waals surface area (Å²) in [5.41, 5.74) is 0.187. The largest absolute Gasteiger partial charge is 0.393 e. The van der Waals surface area contributed by atoms with Crippen LogP contribution in [0.15, 0.2) is 11.6 Å². The molecule has 0 aliphatic heterocycles. The molecule has 178 valence electrons. The third-order valence-corrected chi connectivity index (χ3v) is 10.6. The molecule has 4 N–H and O–H groups in total. The lowest BCUT2D eigenvalue weighted by Gasteiger charge is -2.61. The smallest absolute Gasteiger partial charge is 0.0763 e. The van der Waals surface area contributed by atoms with Crippen LogP contribution in [-0.2, 0) is 0 Å². The maximum atomic E-state index is 12.3. The van der Waals surface area contributed by atoms with E-state index in [2.05, 4.69) is 40.7 Å². The summed E-state index contributed by atoms with van der Waals surface area (Å²) < 4.78 is 0. The van der Waals surface area contributed by atoms with E-state index in [-0.39, 0.29) is 34.7 Å². The molecule has 0 aromatic carbocycles. The minimum absolute atomic E-state index is 0.0283. The monoisotopic (exact) mass is 434 g/mol. The first-order valence-electron chi connectivity index (χ1n) is 12.9. The molecule has 4 rings (SSSR count). The lowest BCUT2D eigenvalue weighted by Crippen LogP contribution is -2.61. The first kappa shape index (κ1) is 23.7. The van der Waals surface area contributed by atoms with Crippen LogP contribution in [-0.4, -0.2) is 44.3 Å². The molecule has 0 saturated heterocycles. The van der Waals surface area contributed by atoms with Crippen molar-refractivity contribution < 1.29 is 20.4 Å². The SMILES string of the molecule is CC(C)CCC(O)C(C)C1C(O)CC2(O)C3CC=C4CC(O)CCC4(C)C3CCC12C. The summed E-state index contributed by atoms with van der Waals surface area (Å²) in [5, 5.41) is 44.7. The third kappa shape index (κ3) is 3.55. The Morgan fingerprint density at radius 2 is 1.74 bits per heavy atom. The number of aliphatic hydroxyl groups is 4. The quantitative estimate of drug-likeness (QED) is 0.482. The second-order valence-corrected chi connectivity index (χ2v) is 12.6. The normalized spacial score (nSPS) is 49.1. The van der Waals surface area contributed by atoms with Crippen molar-refractivity contribution in [3.05, 3.63) is 11.6 Å². The lowest BCUT2D eigenvalue weighted by atomic mass is 9.45. The third-order valence-electron chi connectivity index (χ3n) is 10.6. The molecule has 0 radical (unpaired) electrons. The zero-order valence-electron chi connectivity index (χ0n) is 20.3. The number of allylic oxidation sites excluding steroid dienone is 1. The highest BCUT2D eigenvalue weighted by Crippen LogP contribution is 2.69. The Morgan fingerprint density at radius 3 is 2.42 bits per heavy atom. The summed E-state index contributed by atoms with van der Waals surface area (Å²) in [6.07, 6.45) is 8.68. The highest BCUT2D eigenvalue weighted by Gasteiger charge is 2.69. The molecule has 4 aliphatic carbocycles. The Kier molecular flexibility index (Phi) is 6.21. The van der Waals surface area contributed by atoms with Gasteiger partial charge in [-0.05, 0) is 86.4 Å². The van der Waals surface area contributed by atoms with E-state index < -0.39 is 17.8 Å². The van der Waals surface area contributed by atoms with Gasteiger partial charge in [-0.2, -0.15) is 0 Å². The van der Waals surface area contributed by atoms with E-state index in [1.807, 2.05) is 0 Å². The summed E-state index contributed by atoms with van der Waals surface area (Å²) in [7, 11) is 0. The molecule has 0 amide bonds. The van der Waals surface area contributed by atoms with Crippen molar-refractivity contribution in [3.63, 3.8) is 0 Å².